The number of esters is 1. The maximum absolute atomic E-state index is 13.3. The number of carbonyl (C=O) groups is 1. The Morgan fingerprint density at radius 3 is 2.66 bits per heavy atom. The smallest absolute Gasteiger partial charge is 0.330 e. The predicted octanol–water partition coefficient (Wildman–Crippen LogP) is 4.43. The number of rotatable bonds is 7. The first-order chi connectivity index (χ1) is 16.6. The van der Waals surface area contributed by atoms with Gasteiger partial charge in [-0.15, -0.1) is 10.2 Å². The van der Waals surface area contributed by atoms with Crippen LogP contribution in [0, 0.1) is 11.3 Å². The van der Waals surface area contributed by atoms with Crippen LogP contribution in [0.15, 0.2) is 39.7 Å². The lowest BCUT2D eigenvalue weighted by Crippen LogP contribution is -2.36. The fraction of sp³-hybridized carbons (Fsp3) is 0.400. The molecule has 0 amide bonds. The molecule has 1 aromatic carbocycles. The third-order valence-electron chi connectivity index (χ3n) is 5.45. The van der Waals surface area contributed by atoms with Crippen LogP contribution >= 0.6 is 11.6 Å². The zero-order valence-electron chi connectivity index (χ0n) is 19.9. The largest absolute Gasteiger partial charge is 0.495 e. The Morgan fingerprint density at radius 2 is 2.03 bits per heavy atom. The summed E-state index contributed by atoms with van der Waals surface area (Å²) in [6.45, 7) is 5.23. The van der Waals surface area contributed by atoms with Crippen molar-refractivity contribution in [1.29, 1.82) is 5.26 Å². The van der Waals surface area contributed by atoms with Crippen molar-refractivity contribution in [3.05, 3.63) is 63.2 Å². The summed E-state index contributed by atoms with van der Waals surface area (Å²) in [5.41, 5.74) is -0.126. The first-order valence-corrected chi connectivity index (χ1v) is 11.5. The second kappa shape index (κ2) is 9.55. The molecule has 1 aliphatic rings. The van der Waals surface area contributed by atoms with Crippen molar-refractivity contribution in [3.8, 4) is 22.9 Å². The number of aromatic nitrogens is 3. The van der Waals surface area contributed by atoms with Gasteiger partial charge in [-0.3, -0.25) is 9.36 Å². The van der Waals surface area contributed by atoms with Gasteiger partial charge >= 0.3 is 5.97 Å². The molecule has 2 aromatic heterocycles. The van der Waals surface area contributed by atoms with Crippen LogP contribution in [0.3, 0.4) is 0 Å². The van der Waals surface area contributed by atoms with Crippen LogP contribution < -0.4 is 10.3 Å². The molecule has 0 aliphatic heterocycles. The van der Waals surface area contributed by atoms with E-state index >= 15 is 0 Å². The molecule has 1 atom stereocenters. The normalized spacial score (nSPS) is 14.3. The maximum Gasteiger partial charge on any atom is 0.330 e. The summed E-state index contributed by atoms with van der Waals surface area (Å²) in [6.07, 6.45) is 3.37. The number of nitrogens with zero attached hydrogens (tertiary/aromatic N) is 4. The molecule has 0 N–H and O–H groups in total. The van der Waals surface area contributed by atoms with Gasteiger partial charge in [0.2, 0.25) is 11.8 Å². The van der Waals surface area contributed by atoms with E-state index < -0.39 is 23.2 Å². The molecule has 9 nitrogen and oxygen atoms in total. The number of benzene rings is 1. The molecule has 0 radical (unpaired) electrons. The van der Waals surface area contributed by atoms with E-state index in [1.807, 2.05) is 0 Å². The third-order valence-corrected chi connectivity index (χ3v) is 5.68. The van der Waals surface area contributed by atoms with Gasteiger partial charge in [-0.2, -0.15) is 5.26 Å². The number of nitriles is 1. The zero-order chi connectivity index (χ0) is 25.3. The Hall–Kier alpha value is -3.64. The second-order valence-corrected chi connectivity index (χ2v) is 9.80. The molecule has 0 saturated heterocycles. The molecule has 10 heteroatoms. The minimum absolute atomic E-state index is 0.0301. The predicted molar refractivity (Wildman–Crippen MR) is 127 cm³/mol. The van der Waals surface area contributed by atoms with Crippen LogP contribution in [0.4, 0.5) is 0 Å². The van der Waals surface area contributed by atoms with Crippen LogP contribution in [0.5, 0.6) is 5.75 Å². The van der Waals surface area contributed by atoms with Crippen molar-refractivity contribution in [2.45, 2.75) is 57.6 Å². The highest BCUT2D eigenvalue weighted by molar-refractivity contribution is 6.31. The minimum atomic E-state index is -1.08. The number of carbonyl (C=O) groups excluding carboxylic acids is 1. The third kappa shape index (κ3) is 5.54. The summed E-state index contributed by atoms with van der Waals surface area (Å²) in [7, 11) is 1.44. The molecule has 4 rings (SSSR count). The molecule has 35 heavy (non-hydrogen) atoms. The maximum atomic E-state index is 13.3. The Bertz CT molecular complexity index is 1360. The van der Waals surface area contributed by atoms with Gasteiger partial charge in [-0.25, -0.2) is 4.79 Å². The van der Waals surface area contributed by atoms with Gasteiger partial charge in [-0.1, -0.05) is 11.6 Å². The highest BCUT2D eigenvalue weighted by Crippen LogP contribution is 2.39. The fourth-order valence-electron chi connectivity index (χ4n) is 3.66. The quantitative estimate of drug-likeness (QED) is 0.440. The molecule has 0 bridgehead atoms. The monoisotopic (exact) mass is 496 g/mol. The van der Waals surface area contributed by atoms with E-state index in [1.54, 1.807) is 39.0 Å². The minimum Gasteiger partial charge on any atom is -0.495 e. The van der Waals surface area contributed by atoms with Crippen LogP contribution in [0.2, 0.25) is 5.02 Å². The summed E-state index contributed by atoms with van der Waals surface area (Å²) < 4.78 is 18.1. The summed E-state index contributed by atoms with van der Waals surface area (Å²) in [6, 6.07) is 7.08. The molecule has 0 spiro atoms. The number of hydrogen-bond acceptors (Lipinski definition) is 8. The van der Waals surface area contributed by atoms with Gasteiger partial charge in [-0.05, 0) is 51.8 Å². The van der Waals surface area contributed by atoms with Crippen LogP contribution in [-0.2, 0) is 16.0 Å². The van der Waals surface area contributed by atoms with Crippen LogP contribution in [0.25, 0.3) is 11.1 Å². The number of hydrogen-bond donors (Lipinski definition) is 0. The first-order valence-electron chi connectivity index (χ1n) is 11.1. The zero-order valence-corrected chi connectivity index (χ0v) is 20.6. The molecular weight excluding hydrogens is 472 g/mol. The molecule has 1 aliphatic carbocycles. The standard InChI is InChI=1S/C25H25ClN4O5/c1-25(2,3)35-24(32)19(11-21-28-29-23(34-21)14-5-6-14)30-13-20(33-4)18(10-22(30)31)17-9-16(26)8-7-15(17)12-27/h7-10,13-14,19H,5-6,11H2,1-4H3. The van der Waals surface area contributed by atoms with E-state index in [9.17, 15) is 14.9 Å². The number of methoxy groups -OCH3 is 1. The highest BCUT2D eigenvalue weighted by Gasteiger charge is 2.33. The SMILES string of the molecule is COc1cn(C(Cc2nnc(C3CC3)o2)C(=O)OC(C)(C)C)c(=O)cc1-c1cc(Cl)ccc1C#N. The first kappa shape index (κ1) is 24.5. The van der Waals surface area contributed by atoms with Crippen molar-refractivity contribution >= 4 is 17.6 Å². The molecule has 1 saturated carbocycles. The topological polar surface area (TPSA) is 120 Å². The Balaban J connectivity index is 1.79. The fourth-order valence-corrected chi connectivity index (χ4v) is 3.83. The molecule has 2 heterocycles. The summed E-state index contributed by atoms with van der Waals surface area (Å²) in [5, 5.41) is 18.1. The van der Waals surface area contributed by atoms with Crippen LogP contribution in [0.1, 0.15) is 62.9 Å². The van der Waals surface area contributed by atoms with Gasteiger partial charge in [0, 0.05) is 28.1 Å². The summed E-state index contributed by atoms with van der Waals surface area (Å²) in [4.78, 5) is 26.5. The van der Waals surface area contributed by atoms with Gasteiger partial charge < -0.3 is 13.9 Å². The van der Waals surface area contributed by atoms with E-state index in [4.69, 9.17) is 25.5 Å². The second-order valence-electron chi connectivity index (χ2n) is 9.36. The van der Waals surface area contributed by atoms with Crippen molar-refractivity contribution in [2.75, 3.05) is 7.11 Å². The highest BCUT2D eigenvalue weighted by atomic mass is 35.5. The van der Waals surface area contributed by atoms with Crippen LogP contribution in [-0.4, -0.2) is 33.4 Å². The number of pyridine rings is 1. The van der Waals surface area contributed by atoms with E-state index in [0.29, 0.717) is 27.6 Å². The Kier molecular flexibility index (Phi) is 6.68. The average molecular weight is 497 g/mol. The molecule has 1 unspecified atom stereocenters. The van der Waals surface area contributed by atoms with E-state index in [2.05, 4.69) is 16.3 Å². The van der Waals surface area contributed by atoms with Gasteiger partial charge in [0.15, 0.2) is 0 Å². The van der Waals surface area contributed by atoms with E-state index in [-0.39, 0.29) is 24.0 Å². The molecule has 1 fully saturated rings. The molecular formula is C25H25ClN4O5. The van der Waals surface area contributed by atoms with Crippen molar-refractivity contribution in [1.82, 2.24) is 14.8 Å². The molecule has 3 aromatic rings. The Morgan fingerprint density at radius 1 is 1.29 bits per heavy atom. The molecule has 182 valence electrons. The summed E-state index contributed by atoms with van der Waals surface area (Å²) in [5.74, 6) is 0.681. The Labute approximate surface area is 207 Å². The number of halogens is 1. The van der Waals surface area contributed by atoms with E-state index in [1.165, 1.54) is 23.9 Å². The lowest BCUT2D eigenvalue weighted by Gasteiger charge is -2.25. The lowest BCUT2D eigenvalue weighted by atomic mass is 10.00. The van der Waals surface area contributed by atoms with Gasteiger partial charge in [0.25, 0.3) is 5.56 Å². The van der Waals surface area contributed by atoms with Crippen molar-refractivity contribution in [2.24, 2.45) is 0 Å². The van der Waals surface area contributed by atoms with Crippen molar-refractivity contribution < 1.29 is 18.7 Å². The number of ether oxygens (including phenoxy) is 2. The van der Waals surface area contributed by atoms with Gasteiger partial charge in [0.1, 0.15) is 17.4 Å². The van der Waals surface area contributed by atoms with Gasteiger partial charge in [0.05, 0.1) is 31.4 Å². The van der Waals surface area contributed by atoms with E-state index in [0.717, 1.165) is 12.8 Å². The van der Waals surface area contributed by atoms with Crippen molar-refractivity contribution in [3.63, 3.8) is 0 Å². The lowest BCUT2D eigenvalue weighted by molar-refractivity contribution is -0.159. The summed E-state index contributed by atoms with van der Waals surface area (Å²) >= 11 is 6.14. The average Bonchev–Trinajstić information content (AvgIpc) is 3.54.